The zero-order valence-electron chi connectivity index (χ0n) is 25.2. The summed E-state index contributed by atoms with van der Waals surface area (Å²) in [4.78, 5) is 0. The number of hydrogen-bond acceptors (Lipinski definition) is 1. The average molecular weight is 496 g/mol. The van der Waals surface area contributed by atoms with Gasteiger partial charge in [-0.3, -0.25) is 0 Å². The lowest BCUT2D eigenvalue weighted by molar-refractivity contribution is -0.0782. The molecule has 4 fully saturated rings. The van der Waals surface area contributed by atoms with E-state index in [1.54, 1.807) is 0 Å². The van der Waals surface area contributed by atoms with Gasteiger partial charge in [0.05, 0.1) is 0 Å². The molecule has 1 nitrogen and oxygen atoms in total. The first-order valence-electron chi connectivity index (χ1n) is 15.5. The molecule has 0 aromatic carbocycles. The number of hydrogen-bond donors (Lipinski definition) is 1. The molecule has 0 aromatic rings. The van der Waals surface area contributed by atoms with Crippen LogP contribution in [0.1, 0.15) is 121 Å². The number of nitrogens with one attached hydrogen (secondary N) is 1. The third kappa shape index (κ3) is 6.24. The highest BCUT2D eigenvalue weighted by molar-refractivity contribution is 5.37. The summed E-state index contributed by atoms with van der Waals surface area (Å²) in [5, 5.41) is 3.91. The van der Waals surface area contributed by atoms with Gasteiger partial charge < -0.3 is 5.32 Å². The molecule has 4 saturated carbocycles. The van der Waals surface area contributed by atoms with E-state index in [0.29, 0.717) is 16.9 Å². The van der Waals surface area contributed by atoms with Crippen molar-refractivity contribution in [1.82, 2.24) is 5.32 Å². The first-order chi connectivity index (χ1) is 17.1. The van der Waals surface area contributed by atoms with Gasteiger partial charge in [-0.2, -0.15) is 0 Å². The normalized spacial score (nSPS) is 38.5. The van der Waals surface area contributed by atoms with Gasteiger partial charge in [0.25, 0.3) is 0 Å². The lowest BCUT2D eigenvalue weighted by Gasteiger charge is -2.57. The van der Waals surface area contributed by atoms with E-state index in [2.05, 4.69) is 97.7 Å². The van der Waals surface area contributed by atoms with Gasteiger partial charge in [-0.15, -0.1) is 0 Å². The monoisotopic (exact) mass is 495 g/mol. The molecule has 0 radical (unpaired) electrons. The predicted octanol–water partition coefficient (Wildman–Crippen LogP) is 10.5. The minimum absolute atomic E-state index is 0. The zero-order valence-corrected chi connectivity index (χ0v) is 25.2. The van der Waals surface area contributed by atoms with E-state index in [9.17, 15) is 0 Å². The van der Waals surface area contributed by atoms with Crippen LogP contribution in [0, 0.1) is 46.3 Å². The maximum atomic E-state index is 4.33. The molecular formula is C35H61N. The van der Waals surface area contributed by atoms with Crippen LogP contribution in [0.3, 0.4) is 0 Å². The fraction of sp³-hybridized carbons (Fsp3) is 0.771. The van der Waals surface area contributed by atoms with Crippen LogP contribution in [-0.2, 0) is 0 Å². The summed E-state index contributed by atoms with van der Waals surface area (Å²) in [6.45, 7) is 22.9. The van der Waals surface area contributed by atoms with Crippen molar-refractivity contribution in [3.05, 3.63) is 48.2 Å². The first-order valence-corrected chi connectivity index (χ1v) is 15.5. The summed E-state index contributed by atoms with van der Waals surface area (Å²) in [7, 11) is 0. The molecule has 0 saturated heterocycles. The van der Waals surface area contributed by atoms with Crippen LogP contribution in [0.15, 0.2) is 48.2 Å². The van der Waals surface area contributed by atoms with Crippen LogP contribution in [-0.4, -0.2) is 6.04 Å². The Morgan fingerprint density at radius 3 is 2.31 bits per heavy atom. The van der Waals surface area contributed by atoms with Crippen LogP contribution in [0.5, 0.6) is 0 Å². The Balaban J connectivity index is 0.00000115. The van der Waals surface area contributed by atoms with Gasteiger partial charge in [0.1, 0.15) is 0 Å². The van der Waals surface area contributed by atoms with E-state index < -0.39 is 0 Å². The molecular weight excluding hydrogens is 434 g/mol. The molecule has 8 atom stereocenters. The molecule has 0 heterocycles. The molecule has 206 valence electrons. The van der Waals surface area contributed by atoms with Gasteiger partial charge in [0.15, 0.2) is 0 Å². The van der Waals surface area contributed by atoms with E-state index in [0.717, 1.165) is 41.1 Å². The first kappa shape index (κ1) is 29.3. The van der Waals surface area contributed by atoms with Crippen LogP contribution >= 0.6 is 0 Å². The van der Waals surface area contributed by atoms with E-state index in [1.165, 1.54) is 69.9 Å². The van der Waals surface area contributed by atoms with Crippen molar-refractivity contribution < 1.29 is 1.43 Å². The number of rotatable bonds is 6. The van der Waals surface area contributed by atoms with Gasteiger partial charge >= 0.3 is 0 Å². The molecule has 4 rings (SSSR count). The molecule has 4 aliphatic carbocycles. The largest absolute Gasteiger partial charge is 0.382 e. The van der Waals surface area contributed by atoms with Gasteiger partial charge in [-0.25, -0.2) is 0 Å². The highest BCUT2D eigenvalue weighted by atomic mass is 14.9. The smallest absolute Gasteiger partial charge is 0.0366 e. The zero-order chi connectivity index (χ0) is 26.5. The SMILES string of the molecule is C=C(/C=C\C=C/C)/C(=C\C)N[C@@H](C)[C@H]1CC[C@H]2[C@@H]3CCC4CC(C)(C)CC[C@@H]4[C@H]3CC[C@]12C.CCC.[HH]. The molecule has 1 unspecified atom stereocenters. The second-order valence-corrected chi connectivity index (χ2v) is 13.8. The van der Waals surface area contributed by atoms with Crippen LogP contribution in [0.4, 0.5) is 0 Å². The Morgan fingerprint density at radius 2 is 1.64 bits per heavy atom. The van der Waals surface area contributed by atoms with E-state index in [1.807, 2.05) is 0 Å². The summed E-state index contributed by atoms with van der Waals surface area (Å²) in [5.41, 5.74) is 3.39. The second kappa shape index (κ2) is 12.5. The third-order valence-electron chi connectivity index (χ3n) is 10.8. The van der Waals surface area contributed by atoms with Crippen molar-refractivity contribution in [3.63, 3.8) is 0 Å². The molecule has 0 amide bonds. The summed E-state index contributed by atoms with van der Waals surface area (Å²) in [5.74, 6) is 5.82. The maximum Gasteiger partial charge on any atom is 0.0366 e. The number of allylic oxidation sites excluding steroid dienone is 5. The average Bonchev–Trinajstić information content (AvgIpc) is 3.19. The Bertz CT molecular complexity index is 819. The van der Waals surface area contributed by atoms with E-state index in [-0.39, 0.29) is 1.43 Å². The third-order valence-corrected chi connectivity index (χ3v) is 10.8. The maximum absolute atomic E-state index is 4.33. The van der Waals surface area contributed by atoms with Gasteiger partial charge in [0.2, 0.25) is 0 Å². The van der Waals surface area contributed by atoms with Crippen molar-refractivity contribution in [3.8, 4) is 0 Å². The van der Waals surface area contributed by atoms with Gasteiger partial charge in [0, 0.05) is 13.2 Å². The molecule has 4 aliphatic rings. The van der Waals surface area contributed by atoms with Gasteiger partial charge in [-0.1, -0.05) is 78.0 Å². The molecule has 0 spiro atoms. The van der Waals surface area contributed by atoms with Crippen molar-refractivity contribution in [2.24, 2.45) is 46.3 Å². The Morgan fingerprint density at radius 1 is 0.944 bits per heavy atom. The molecule has 1 N–H and O–H groups in total. The Labute approximate surface area is 226 Å². The fourth-order valence-electron chi connectivity index (χ4n) is 9.25. The van der Waals surface area contributed by atoms with Crippen molar-refractivity contribution in [2.75, 3.05) is 0 Å². The van der Waals surface area contributed by atoms with Crippen LogP contribution < -0.4 is 5.32 Å². The molecule has 0 aliphatic heterocycles. The second-order valence-electron chi connectivity index (χ2n) is 13.8. The summed E-state index contributed by atoms with van der Waals surface area (Å²) >= 11 is 0. The van der Waals surface area contributed by atoms with Crippen LogP contribution in [0.25, 0.3) is 0 Å². The standard InChI is InChI=1S/C32H51N.C3H8.H2/c1-8-10-11-12-22(3)30(9-2)33-23(4)28-15-16-29-27-14-13-24-21-31(5,6)19-17-25(24)26(27)18-20-32(28,29)7;1-3-2;/h8-12,23-29,33H,3,13-21H2,1-2,4-7H3;3H2,1-2H3;1H/b10-8-,12-11-,30-9+;;/t23-,24?,25-,26+,27+,28+,29-,32+;;/m0../s1. The summed E-state index contributed by atoms with van der Waals surface area (Å²) in [6, 6.07) is 0.501. The molecule has 1 heteroatoms. The lowest BCUT2D eigenvalue weighted by Crippen LogP contribution is -2.51. The number of fused-ring (bicyclic) bond motifs is 5. The van der Waals surface area contributed by atoms with Gasteiger partial charge in [-0.05, 0) is 130 Å². The Kier molecular flexibility index (Phi) is 10.2. The quantitative estimate of drug-likeness (QED) is 0.361. The summed E-state index contributed by atoms with van der Waals surface area (Å²) in [6.07, 6.45) is 25.1. The topological polar surface area (TPSA) is 12.0 Å². The molecule has 36 heavy (non-hydrogen) atoms. The highest BCUT2D eigenvalue weighted by Crippen LogP contribution is 2.65. The minimum Gasteiger partial charge on any atom is -0.382 e. The molecule has 0 bridgehead atoms. The fourth-order valence-corrected chi connectivity index (χ4v) is 9.25. The summed E-state index contributed by atoms with van der Waals surface area (Å²) < 4.78 is 0. The minimum atomic E-state index is 0. The Hall–Kier alpha value is -1.24. The molecule has 0 aromatic heterocycles. The van der Waals surface area contributed by atoms with Crippen molar-refractivity contribution in [2.45, 2.75) is 126 Å². The van der Waals surface area contributed by atoms with Crippen LogP contribution in [0.2, 0.25) is 0 Å². The predicted molar refractivity (Wildman–Crippen MR) is 162 cm³/mol. The lowest BCUT2D eigenvalue weighted by atomic mass is 9.48. The van der Waals surface area contributed by atoms with Crippen molar-refractivity contribution >= 4 is 0 Å². The van der Waals surface area contributed by atoms with E-state index in [4.69, 9.17) is 0 Å². The van der Waals surface area contributed by atoms with Crippen molar-refractivity contribution in [1.29, 1.82) is 0 Å². The van der Waals surface area contributed by atoms with E-state index >= 15 is 0 Å². The highest BCUT2D eigenvalue weighted by Gasteiger charge is 2.58.